The Morgan fingerprint density at radius 2 is 1.90 bits per heavy atom. The number of rotatable bonds is 5. The van der Waals surface area contributed by atoms with Crippen molar-refractivity contribution in [2.75, 3.05) is 26.2 Å². The van der Waals surface area contributed by atoms with Crippen molar-refractivity contribution in [1.82, 2.24) is 9.80 Å². The molecular weight excluding hydrogens is 270 g/mol. The van der Waals surface area contributed by atoms with E-state index in [0.717, 1.165) is 38.2 Å². The molecule has 1 atom stereocenters. The minimum atomic E-state index is -1.63. The van der Waals surface area contributed by atoms with Gasteiger partial charge in [0.1, 0.15) is 5.82 Å². The van der Waals surface area contributed by atoms with Gasteiger partial charge in [-0.1, -0.05) is 13.0 Å². The zero-order valence-electron chi connectivity index (χ0n) is 12.8. The summed E-state index contributed by atoms with van der Waals surface area (Å²) in [6.07, 6.45) is 1.15. The largest absolute Gasteiger partial charge is 0.488 e. The molecule has 0 saturated carbocycles. The van der Waals surface area contributed by atoms with Crippen molar-refractivity contribution in [1.29, 1.82) is 0 Å². The lowest BCUT2D eigenvalue weighted by atomic mass is 9.77. The van der Waals surface area contributed by atoms with Crippen LogP contribution in [0.25, 0.3) is 0 Å². The highest BCUT2D eigenvalue weighted by molar-refractivity contribution is 6.59. The lowest BCUT2D eigenvalue weighted by Crippen LogP contribution is -2.49. The molecule has 0 amide bonds. The highest BCUT2D eigenvalue weighted by atomic mass is 19.1. The van der Waals surface area contributed by atoms with Crippen LogP contribution in [0.1, 0.15) is 25.8 Å². The van der Waals surface area contributed by atoms with Gasteiger partial charge >= 0.3 is 7.12 Å². The summed E-state index contributed by atoms with van der Waals surface area (Å²) in [5, 5.41) is 18.7. The summed E-state index contributed by atoms with van der Waals surface area (Å²) >= 11 is 0. The maximum absolute atomic E-state index is 13.2. The first-order chi connectivity index (χ1) is 10.0. The van der Waals surface area contributed by atoms with Crippen LogP contribution in [0.5, 0.6) is 0 Å². The fourth-order valence-corrected chi connectivity index (χ4v) is 2.81. The summed E-state index contributed by atoms with van der Waals surface area (Å²) in [6, 6.07) is 4.82. The zero-order valence-corrected chi connectivity index (χ0v) is 12.8. The molecule has 1 aliphatic rings. The molecule has 0 aliphatic carbocycles. The molecule has 1 heterocycles. The van der Waals surface area contributed by atoms with Gasteiger partial charge < -0.3 is 10.0 Å². The minimum absolute atomic E-state index is 0.263. The van der Waals surface area contributed by atoms with Gasteiger partial charge in [0.25, 0.3) is 0 Å². The van der Waals surface area contributed by atoms with E-state index in [1.807, 2.05) is 0 Å². The molecule has 21 heavy (non-hydrogen) atoms. The summed E-state index contributed by atoms with van der Waals surface area (Å²) in [5.74, 6) is -0.441. The molecule has 1 aromatic carbocycles. The van der Waals surface area contributed by atoms with Gasteiger partial charge in [-0.15, -0.1) is 0 Å². The second-order valence-corrected chi connectivity index (χ2v) is 5.79. The van der Waals surface area contributed by atoms with Crippen LogP contribution in [0, 0.1) is 5.82 Å². The number of hydrogen-bond donors (Lipinski definition) is 2. The van der Waals surface area contributed by atoms with Gasteiger partial charge in [0.05, 0.1) is 0 Å². The molecular formula is C15H24BFN2O2. The van der Waals surface area contributed by atoms with Gasteiger partial charge in [0, 0.05) is 38.8 Å². The SMILES string of the molecule is CCC(C)N1CCN(Cc2ccc(F)cc2B(O)O)CC1. The molecule has 2 rings (SSSR count). The van der Waals surface area contributed by atoms with Crippen molar-refractivity contribution in [3.63, 3.8) is 0 Å². The van der Waals surface area contributed by atoms with E-state index in [1.54, 1.807) is 6.07 Å². The number of nitrogens with zero attached hydrogens (tertiary/aromatic N) is 2. The molecule has 0 aromatic heterocycles. The second kappa shape index (κ2) is 7.36. The maximum atomic E-state index is 13.2. The standard InChI is InChI=1S/C15H24BFN2O2/c1-3-12(2)19-8-6-18(7-9-19)11-13-4-5-14(17)10-15(13)16(20)21/h4-5,10,12,20-21H,3,6-9,11H2,1-2H3. The zero-order chi connectivity index (χ0) is 15.4. The first-order valence-electron chi connectivity index (χ1n) is 7.62. The van der Waals surface area contributed by atoms with Crippen LogP contribution >= 0.6 is 0 Å². The lowest BCUT2D eigenvalue weighted by molar-refractivity contribution is 0.0965. The van der Waals surface area contributed by atoms with E-state index in [0.29, 0.717) is 12.6 Å². The van der Waals surface area contributed by atoms with E-state index >= 15 is 0 Å². The van der Waals surface area contributed by atoms with Gasteiger partial charge in [-0.2, -0.15) is 0 Å². The van der Waals surface area contributed by atoms with Crippen LogP contribution in [0.3, 0.4) is 0 Å². The van der Waals surface area contributed by atoms with E-state index in [-0.39, 0.29) is 5.46 Å². The topological polar surface area (TPSA) is 46.9 Å². The second-order valence-electron chi connectivity index (χ2n) is 5.79. The Morgan fingerprint density at radius 1 is 1.24 bits per heavy atom. The minimum Gasteiger partial charge on any atom is -0.423 e. The average molecular weight is 294 g/mol. The van der Waals surface area contributed by atoms with Gasteiger partial charge in [0.15, 0.2) is 0 Å². The summed E-state index contributed by atoms with van der Waals surface area (Å²) in [5.41, 5.74) is 1.04. The monoisotopic (exact) mass is 294 g/mol. The normalized spacial score (nSPS) is 18.7. The van der Waals surface area contributed by atoms with Gasteiger partial charge in [-0.3, -0.25) is 9.80 Å². The van der Waals surface area contributed by atoms with Crippen LogP contribution in [0.2, 0.25) is 0 Å². The fraction of sp³-hybridized carbons (Fsp3) is 0.600. The molecule has 1 aliphatic heterocycles. The first-order valence-corrected chi connectivity index (χ1v) is 7.62. The molecule has 1 fully saturated rings. The van der Waals surface area contributed by atoms with Gasteiger partial charge in [-0.05, 0) is 36.5 Å². The van der Waals surface area contributed by atoms with Crippen molar-refractivity contribution in [2.45, 2.75) is 32.9 Å². The Labute approximate surface area is 126 Å². The maximum Gasteiger partial charge on any atom is 0.488 e. The van der Waals surface area contributed by atoms with Crippen molar-refractivity contribution >= 4 is 12.6 Å². The summed E-state index contributed by atoms with van der Waals surface area (Å²) < 4.78 is 13.2. The molecule has 6 heteroatoms. The third-order valence-corrected chi connectivity index (χ3v) is 4.40. The highest BCUT2D eigenvalue weighted by Crippen LogP contribution is 2.12. The number of benzene rings is 1. The van der Waals surface area contributed by atoms with Crippen LogP contribution < -0.4 is 5.46 Å². The molecule has 116 valence electrons. The number of piperazine rings is 1. The Kier molecular flexibility index (Phi) is 5.76. The quantitative estimate of drug-likeness (QED) is 0.773. The molecule has 0 radical (unpaired) electrons. The number of halogens is 1. The van der Waals surface area contributed by atoms with E-state index < -0.39 is 12.9 Å². The van der Waals surface area contributed by atoms with Crippen LogP contribution in [-0.2, 0) is 6.54 Å². The fourth-order valence-electron chi connectivity index (χ4n) is 2.81. The molecule has 0 spiro atoms. The van der Waals surface area contributed by atoms with Crippen LogP contribution in [0.4, 0.5) is 4.39 Å². The Hall–Kier alpha value is -0.945. The van der Waals surface area contributed by atoms with Crippen molar-refractivity contribution in [3.05, 3.63) is 29.6 Å². The lowest BCUT2D eigenvalue weighted by Gasteiger charge is -2.38. The molecule has 1 saturated heterocycles. The van der Waals surface area contributed by atoms with E-state index in [9.17, 15) is 14.4 Å². The smallest absolute Gasteiger partial charge is 0.423 e. The van der Waals surface area contributed by atoms with Gasteiger partial charge in [0.2, 0.25) is 0 Å². The van der Waals surface area contributed by atoms with Crippen molar-refractivity contribution in [2.24, 2.45) is 0 Å². The third kappa shape index (κ3) is 4.26. The summed E-state index contributed by atoms with van der Waals surface area (Å²) in [7, 11) is -1.63. The molecule has 0 bridgehead atoms. The predicted octanol–water partition coefficient (Wildman–Crippen LogP) is 0.422. The van der Waals surface area contributed by atoms with Crippen LogP contribution in [0.15, 0.2) is 18.2 Å². The van der Waals surface area contributed by atoms with E-state index in [2.05, 4.69) is 23.6 Å². The first kappa shape index (κ1) is 16.4. The Morgan fingerprint density at radius 3 is 2.48 bits per heavy atom. The highest BCUT2D eigenvalue weighted by Gasteiger charge is 2.23. The summed E-state index contributed by atoms with van der Waals surface area (Å²) in [4.78, 5) is 4.75. The average Bonchev–Trinajstić information content (AvgIpc) is 2.49. The summed E-state index contributed by atoms with van der Waals surface area (Å²) in [6.45, 7) is 9.01. The molecule has 4 nitrogen and oxygen atoms in total. The molecule has 2 N–H and O–H groups in total. The molecule has 1 aromatic rings. The molecule has 1 unspecified atom stereocenters. The predicted molar refractivity (Wildman–Crippen MR) is 82.8 cm³/mol. The van der Waals surface area contributed by atoms with Crippen LogP contribution in [-0.4, -0.2) is 59.2 Å². The van der Waals surface area contributed by atoms with Gasteiger partial charge in [-0.25, -0.2) is 4.39 Å². The van der Waals surface area contributed by atoms with E-state index in [1.165, 1.54) is 12.1 Å². The Balaban J connectivity index is 1.98. The van der Waals surface area contributed by atoms with Crippen molar-refractivity contribution < 1.29 is 14.4 Å². The Bertz CT molecular complexity index is 465. The van der Waals surface area contributed by atoms with E-state index in [4.69, 9.17) is 0 Å². The number of hydrogen-bond acceptors (Lipinski definition) is 4. The third-order valence-electron chi connectivity index (χ3n) is 4.40. The van der Waals surface area contributed by atoms with Crippen molar-refractivity contribution in [3.8, 4) is 0 Å².